The number of thioether (sulfide) groups is 2. The maximum absolute atomic E-state index is 12.4. The van der Waals surface area contributed by atoms with Gasteiger partial charge in [-0.05, 0) is 61.1 Å². The normalized spacial score (nSPS) is 15.0. The Hall–Kier alpha value is -1.92. The zero-order valence-electron chi connectivity index (χ0n) is 16.1. The minimum Gasteiger partial charge on any atom is -0.352 e. The molecule has 0 bridgehead atoms. The number of para-hydroxylation sites is 2. The Morgan fingerprint density at radius 3 is 2.68 bits per heavy atom. The molecule has 0 unspecified atom stereocenters. The number of nitrogens with zero attached hydrogens (tertiary/aromatic N) is 2. The molecule has 1 aromatic heterocycles. The van der Waals surface area contributed by atoms with Crippen molar-refractivity contribution in [1.29, 1.82) is 0 Å². The highest BCUT2D eigenvalue weighted by Crippen LogP contribution is 2.43. The fourth-order valence-corrected chi connectivity index (χ4v) is 6.39. The lowest BCUT2D eigenvalue weighted by Crippen LogP contribution is -2.25. The second kappa shape index (κ2) is 9.05. The Balaban J connectivity index is 1.29. The van der Waals surface area contributed by atoms with E-state index in [1.165, 1.54) is 23.5 Å². The molecule has 0 radical (unpaired) electrons. The van der Waals surface area contributed by atoms with E-state index in [0.29, 0.717) is 11.1 Å². The first-order valence-electron chi connectivity index (χ1n) is 9.75. The van der Waals surface area contributed by atoms with Crippen molar-refractivity contribution in [2.45, 2.75) is 30.9 Å². The fraction of sp³-hybridized carbons (Fsp3) is 0.364. The number of benzene rings is 2. The van der Waals surface area contributed by atoms with Crippen molar-refractivity contribution in [1.82, 2.24) is 14.9 Å². The third kappa shape index (κ3) is 4.39. The van der Waals surface area contributed by atoms with Gasteiger partial charge in [0, 0.05) is 18.7 Å². The molecule has 0 atom stereocenters. The van der Waals surface area contributed by atoms with Gasteiger partial charge < -0.3 is 9.88 Å². The Morgan fingerprint density at radius 1 is 1.14 bits per heavy atom. The standard InChI is InChI=1S/C22H25N3OS2/c1-16-24-19-6-2-3-7-20(19)25(16)13-4-12-23-21(26)17-8-10-18(11-9-17)22-27-14-5-15-28-22/h2-3,6-11,22H,4-5,12-15H2,1H3,(H,23,26). The van der Waals surface area contributed by atoms with E-state index in [4.69, 9.17) is 0 Å². The highest BCUT2D eigenvalue weighted by molar-refractivity contribution is 8.16. The summed E-state index contributed by atoms with van der Waals surface area (Å²) >= 11 is 4.01. The Labute approximate surface area is 174 Å². The van der Waals surface area contributed by atoms with Crippen LogP contribution in [0.5, 0.6) is 0 Å². The van der Waals surface area contributed by atoms with Gasteiger partial charge in [-0.1, -0.05) is 24.3 Å². The van der Waals surface area contributed by atoms with Gasteiger partial charge in [0.1, 0.15) is 5.82 Å². The van der Waals surface area contributed by atoms with E-state index in [9.17, 15) is 4.79 Å². The average Bonchev–Trinajstić information content (AvgIpc) is 3.07. The van der Waals surface area contributed by atoms with Crippen molar-refractivity contribution in [3.8, 4) is 0 Å². The number of rotatable bonds is 6. The smallest absolute Gasteiger partial charge is 0.251 e. The van der Waals surface area contributed by atoms with Crippen LogP contribution in [0.3, 0.4) is 0 Å². The molecule has 6 heteroatoms. The summed E-state index contributed by atoms with van der Waals surface area (Å²) in [5.74, 6) is 3.47. The van der Waals surface area contributed by atoms with Crippen molar-refractivity contribution in [3.05, 3.63) is 65.5 Å². The van der Waals surface area contributed by atoms with Gasteiger partial charge in [-0.2, -0.15) is 0 Å². The van der Waals surface area contributed by atoms with Crippen LogP contribution in [0.2, 0.25) is 0 Å². The van der Waals surface area contributed by atoms with Crippen molar-refractivity contribution in [2.24, 2.45) is 0 Å². The van der Waals surface area contributed by atoms with E-state index in [0.717, 1.165) is 35.4 Å². The molecule has 0 saturated carbocycles. The zero-order chi connectivity index (χ0) is 19.3. The number of aryl methyl sites for hydroxylation is 2. The summed E-state index contributed by atoms with van der Waals surface area (Å²) in [5, 5.41) is 3.04. The number of hydrogen-bond acceptors (Lipinski definition) is 4. The topological polar surface area (TPSA) is 46.9 Å². The molecule has 1 fully saturated rings. The number of amides is 1. The summed E-state index contributed by atoms with van der Waals surface area (Å²) in [4.78, 5) is 17.0. The van der Waals surface area contributed by atoms with Crippen LogP contribution in [0.15, 0.2) is 48.5 Å². The lowest BCUT2D eigenvalue weighted by molar-refractivity contribution is 0.0953. The van der Waals surface area contributed by atoms with Crippen molar-refractivity contribution in [3.63, 3.8) is 0 Å². The fourth-order valence-electron chi connectivity index (χ4n) is 3.49. The van der Waals surface area contributed by atoms with Gasteiger partial charge in [-0.3, -0.25) is 4.79 Å². The highest BCUT2D eigenvalue weighted by Gasteiger charge is 2.17. The maximum atomic E-state index is 12.4. The summed E-state index contributed by atoms with van der Waals surface area (Å²) < 4.78 is 2.73. The Bertz CT molecular complexity index is 946. The Morgan fingerprint density at radius 2 is 1.89 bits per heavy atom. The first-order valence-corrected chi connectivity index (χ1v) is 11.9. The second-order valence-corrected chi connectivity index (χ2v) is 9.68. The summed E-state index contributed by atoms with van der Waals surface area (Å²) in [6.45, 7) is 3.53. The molecule has 1 aliphatic rings. The molecule has 2 aromatic carbocycles. The van der Waals surface area contributed by atoms with Crippen LogP contribution in [0.1, 0.15) is 39.2 Å². The molecule has 146 valence electrons. The van der Waals surface area contributed by atoms with Gasteiger partial charge in [-0.25, -0.2) is 4.98 Å². The second-order valence-electron chi connectivity index (χ2n) is 6.96. The van der Waals surface area contributed by atoms with Gasteiger partial charge in [-0.15, -0.1) is 23.5 Å². The van der Waals surface area contributed by atoms with Gasteiger partial charge in [0.25, 0.3) is 5.91 Å². The van der Waals surface area contributed by atoms with Crippen molar-refractivity contribution < 1.29 is 4.79 Å². The number of carbonyl (C=O) groups is 1. The van der Waals surface area contributed by atoms with E-state index in [1.807, 2.05) is 60.8 Å². The van der Waals surface area contributed by atoms with Crippen LogP contribution in [0, 0.1) is 6.92 Å². The monoisotopic (exact) mass is 411 g/mol. The van der Waals surface area contributed by atoms with Crippen molar-refractivity contribution >= 4 is 40.5 Å². The van der Waals surface area contributed by atoms with Crippen LogP contribution >= 0.6 is 23.5 Å². The molecule has 4 rings (SSSR count). The molecule has 28 heavy (non-hydrogen) atoms. The van der Waals surface area contributed by atoms with E-state index in [1.54, 1.807) is 0 Å². The third-order valence-corrected chi connectivity index (χ3v) is 7.98. The molecule has 0 spiro atoms. The molecule has 1 amide bonds. The van der Waals surface area contributed by atoms with Gasteiger partial charge in [0.15, 0.2) is 0 Å². The summed E-state index contributed by atoms with van der Waals surface area (Å²) in [5.41, 5.74) is 4.23. The van der Waals surface area contributed by atoms with Crippen LogP contribution in [0.4, 0.5) is 0 Å². The predicted octanol–water partition coefficient (Wildman–Crippen LogP) is 5.03. The van der Waals surface area contributed by atoms with Gasteiger partial charge >= 0.3 is 0 Å². The van der Waals surface area contributed by atoms with E-state index < -0.39 is 0 Å². The lowest BCUT2D eigenvalue weighted by Gasteiger charge is -2.21. The SMILES string of the molecule is Cc1nc2ccccc2n1CCCNC(=O)c1ccc(C2SCCCS2)cc1. The third-order valence-electron chi connectivity index (χ3n) is 4.96. The van der Waals surface area contributed by atoms with Crippen LogP contribution in [0.25, 0.3) is 11.0 Å². The molecule has 1 aliphatic heterocycles. The Kier molecular flexibility index (Phi) is 6.27. The molecule has 0 aliphatic carbocycles. The van der Waals surface area contributed by atoms with Crippen LogP contribution in [-0.4, -0.2) is 33.5 Å². The lowest BCUT2D eigenvalue weighted by atomic mass is 10.1. The van der Waals surface area contributed by atoms with E-state index in [2.05, 4.69) is 33.1 Å². The summed E-state index contributed by atoms with van der Waals surface area (Å²) in [6.07, 6.45) is 2.17. The van der Waals surface area contributed by atoms with Gasteiger partial charge in [0.05, 0.1) is 15.6 Å². The molecular weight excluding hydrogens is 386 g/mol. The van der Waals surface area contributed by atoms with E-state index >= 15 is 0 Å². The molecule has 2 heterocycles. The average molecular weight is 412 g/mol. The molecule has 3 aromatic rings. The minimum atomic E-state index is 0.00251. The largest absolute Gasteiger partial charge is 0.352 e. The number of nitrogens with one attached hydrogen (secondary N) is 1. The first kappa shape index (κ1) is 19.4. The number of carbonyl (C=O) groups excluding carboxylic acids is 1. The first-order chi connectivity index (χ1) is 13.7. The summed E-state index contributed by atoms with van der Waals surface area (Å²) in [7, 11) is 0. The quantitative estimate of drug-likeness (QED) is 0.578. The molecular formula is C22H25N3OS2. The number of aromatic nitrogens is 2. The maximum Gasteiger partial charge on any atom is 0.251 e. The summed E-state index contributed by atoms with van der Waals surface area (Å²) in [6, 6.07) is 16.3. The number of hydrogen-bond donors (Lipinski definition) is 1. The van der Waals surface area contributed by atoms with Crippen LogP contribution < -0.4 is 5.32 Å². The molecule has 1 N–H and O–H groups in total. The van der Waals surface area contributed by atoms with Crippen LogP contribution in [-0.2, 0) is 6.54 Å². The minimum absolute atomic E-state index is 0.00251. The molecule has 1 saturated heterocycles. The van der Waals surface area contributed by atoms with Crippen molar-refractivity contribution in [2.75, 3.05) is 18.1 Å². The van der Waals surface area contributed by atoms with Gasteiger partial charge in [0.2, 0.25) is 0 Å². The number of fused-ring (bicyclic) bond motifs is 1. The predicted molar refractivity (Wildman–Crippen MR) is 120 cm³/mol. The molecule has 4 nitrogen and oxygen atoms in total. The zero-order valence-corrected chi connectivity index (χ0v) is 17.7. The highest BCUT2D eigenvalue weighted by atomic mass is 32.2. The van der Waals surface area contributed by atoms with E-state index in [-0.39, 0.29) is 5.91 Å². The number of imidazole rings is 1.